The molecule has 1 aromatic heterocycles. The van der Waals surface area contributed by atoms with E-state index >= 15 is 0 Å². The number of benzene rings is 1. The summed E-state index contributed by atoms with van der Waals surface area (Å²) in [5.74, 6) is -0.865. The number of nitrogens with zero attached hydrogens (tertiary/aromatic N) is 2. The van der Waals surface area contributed by atoms with Crippen molar-refractivity contribution in [1.29, 1.82) is 0 Å². The molecule has 0 aliphatic heterocycles. The van der Waals surface area contributed by atoms with Crippen molar-refractivity contribution in [3.63, 3.8) is 0 Å². The molecule has 0 saturated heterocycles. The van der Waals surface area contributed by atoms with Gasteiger partial charge in [-0.1, -0.05) is 23.4 Å². The molecule has 1 aromatic carbocycles. The molecule has 0 amide bonds. The number of halogens is 3. The summed E-state index contributed by atoms with van der Waals surface area (Å²) < 4.78 is 31.2. The van der Waals surface area contributed by atoms with E-state index in [2.05, 4.69) is 9.97 Å². The van der Waals surface area contributed by atoms with E-state index in [0.29, 0.717) is 10.9 Å². The monoisotopic (exact) mass is 302 g/mol. The van der Waals surface area contributed by atoms with Crippen molar-refractivity contribution in [3.8, 4) is 0 Å². The first kappa shape index (κ1) is 14.2. The van der Waals surface area contributed by atoms with Crippen LogP contribution < -0.4 is 0 Å². The molecule has 0 aliphatic rings. The minimum atomic E-state index is -0.645. The van der Waals surface area contributed by atoms with Gasteiger partial charge in [0, 0.05) is 24.1 Å². The average Bonchev–Trinajstić information content (AvgIpc) is 2.32. The molecule has 7 heteroatoms. The number of methoxy groups -OCH3 is 1. The van der Waals surface area contributed by atoms with Crippen LogP contribution in [0, 0.1) is 11.6 Å². The molecule has 0 bridgehead atoms. The summed E-state index contributed by atoms with van der Waals surface area (Å²) >= 11 is 6.89. The lowest BCUT2D eigenvalue weighted by atomic mass is 10.3. The van der Waals surface area contributed by atoms with Crippen molar-refractivity contribution in [2.45, 2.75) is 16.5 Å². The fourth-order valence-electron chi connectivity index (χ4n) is 1.36. The van der Waals surface area contributed by atoms with Gasteiger partial charge in [-0.05, 0) is 12.1 Å². The Balaban J connectivity index is 2.27. The van der Waals surface area contributed by atoms with Crippen LogP contribution >= 0.6 is 23.4 Å². The predicted molar refractivity (Wildman–Crippen MR) is 68.2 cm³/mol. The topological polar surface area (TPSA) is 35.0 Å². The van der Waals surface area contributed by atoms with Crippen LogP contribution in [0.2, 0.25) is 5.15 Å². The Hall–Kier alpha value is -1.24. The first-order chi connectivity index (χ1) is 9.08. The Labute approximate surface area is 118 Å². The molecule has 2 aromatic rings. The second-order valence-corrected chi connectivity index (χ2v) is 5.00. The van der Waals surface area contributed by atoms with Gasteiger partial charge in [-0.25, -0.2) is 18.7 Å². The van der Waals surface area contributed by atoms with Gasteiger partial charge in [0.15, 0.2) is 5.82 Å². The molecule has 19 heavy (non-hydrogen) atoms. The van der Waals surface area contributed by atoms with Gasteiger partial charge in [0.25, 0.3) is 0 Å². The van der Waals surface area contributed by atoms with E-state index in [1.807, 2.05) is 0 Å². The van der Waals surface area contributed by atoms with Gasteiger partial charge in [0.1, 0.15) is 28.4 Å². The predicted octanol–water partition coefficient (Wildman–Crippen LogP) is 3.71. The quantitative estimate of drug-likeness (QED) is 0.807. The van der Waals surface area contributed by atoms with Gasteiger partial charge in [0.2, 0.25) is 0 Å². The zero-order chi connectivity index (χ0) is 13.8. The van der Waals surface area contributed by atoms with Gasteiger partial charge in [-0.2, -0.15) is 0 Å². The maximum atomic E-state index is 13.5. The summed E-state index contributed by atoms with van der Waals surface area (Å²) in [5, 5.41) is 0.713. The SMILES string of the molecule is COCc1nc(Cl)cc(Sc2ccc(F)cc2F)n1. The number of hydrogen-bond donors (Lipinski definition) is 0. The second-order valence-electron chi connectivity index (χ2n) is 3.55. The molecule has 0 unspecified atom stereocenters. The van der Waals surface area contributed by atoms with E-state index in [9.17, 15) is 8.78 Å². The largest absolute Gasteiger partial charge is 0.377 e. The molecule has 0 aliphatic carbocycles. The standard InChI is InChI=1S/C12H9ClF2N2OS/c1-18-6-11-16-10(13)5-12(17-11)19-9-3-2-7(14)4-8(9)15/h2-5H,6H2,1H3. The number of aromatic nitrogens is 2. The maximum absolute atomic E-state index is 13.5. The van der Waals surface area contributed by atoms with Crippen LogP contribution in [0.4, 0.5) is 8.78 Å². The summed E-state index contributed by atoms with van der Waals surface area (Å²) in [6, 6.07) is 4.86. The Bertz CT molecular complexity index is 598. The van der Waals surface area contributed by atoms with E-state index in [1.165, 1.54) is 25.3 Å². The summed E-state index contributed by atoms with van der Waals surface area (Å²) in [4.78, 5) is 8.39. The van der Waals surface area contributed by atoms with Crippen LogP contribution in [-0.4, -0.2) is 17.1 Å². The lowest BCUT2D eigenvalue weighted by Gasteiger charge is -2.05. The van der Waals surface area contributed by atoms with Gasteiger partial charge in [-0.3, -0.25) is 0 Å². The Morgan fingerprint density at radius 1 is 1.26 bits per heavy atom. The Morgan fingerprint density at radius 2 is 2.05 bits per heavy atom. The third kappa shape index (κ3) is 3.86. The fraction of sp³-hybridized carbons (Fsp3) is 0.167. The first-order valence-corrected chi connectivity index (χ1v) is 6.43. The Kier molecular flexibility index (Phi) is 4.68. The Morgan fingerprint density at radius 3 is 2.74 bits per heavy atom. The molecule has 0 saturated carbocycles. The van der Waals surface area contributed by atoms with Crippen LogP contribution in [0.5, 0.6) is 0 Å². The molecular weight excluding hydrogens is 294 g/mol. The van der Waals surface area contributed by atoms with Crippen LogP contribution in [-0.2, 0) is 11.3 Å². The molecule has 0 spiro atoms. The van der Waals surface area contributed by atoms with Crippen LogP contribution in [0.3, 0.4) is 0 Å². The first-order valence-electron chi connectivity index (χ1n) is 5.24. The summed E-state index contributed by atoms with van der Waals surface area (Å²) in [7, 11) is 1.51. The van der Waals surface area contributed by atoms with E-state index in [1.54, 1.807) is 0 Å². The zero-order valence-electron chi connectivity index (χ0n) is 9.86. The summed E-state index contributed by atoms with van der Waals surface area (Å²) in [6.45, 7) is 0.208. The van der Waals surface area contributed by atoms with Crippen molar-refractivity contribution in [3.05, 3.63) is 46.9 Å². The van der Waals surface area contributed by atoms with Crippen LogP contribution in [0.25, 0.3) is 0 Å². The van der Waals surface area contributed by atoms with Crippen molar-refractivity contribution >= 4 is 23.4 Å². The van der Waals surface area contributed by atoms with E-state index in [0.717, 1.165) is 17.8 Å². The number of rotatable bonds is 4. The third-order valence-electron chi connectivity index (χ3n) is 2.10. The number of hydrogen-bond acceptors (Lipinski definition) is 4. The zero-order valence-corrected chi connectivity index (χ0v) is 11.4. The molecule has 0 atom stereocenters. The molecule has 3 nitrogen and oxygen atoms in total. The van der Waals surface area contributed by atoms with Crippen molar-refractivity contribution in [2.75, 3.05) is 7.11 Å². The number of ether oxygens (including phenoxy) is 1. The highest BCUT2D eigenvalue weighted by molar-refractivity contribution is 7.99. The highest BCUT2D eigenvalue weighted by atomic mass is 35.5. The smallest absolute Gasteiger partial charge is 0.156 e. The molecular formula is C12H9ClF2N2OS. The summed E-state index contributed by atoms with van der Waals surface area (Å²) in [6.07, 6.45) is 0. The molecule has 2 rings (SSSR count). The van der Waals surface area contributed by atoms with Gasteiger partial charge in [-0.15, -0.1) is 0 Å². The lowest BCUT2D eigenvalue weighted by Crippen LogP contribution is -1.98. The van der Waals surface area contributed by atoms with Crippen LogP contribution in [0.15, 0.2) is 34.2 Å². The lowest BCUT2D eigenvalue weighted by molar-refractivity contribution is 0.177. The molecule has 0 fully saturated rings. The molecule has 0 N–H and O–H groups in total. The van der Waals surface area contributed by atoms with E-state index in [-0.39, 0.29) is 16.7 Å². The highest BCUT2D eigenvalue weighted by Crippen LogP contribution is 2.29. The third-order valence-corrected chi connectivity index (χ3v) is 3.26. The van der Waals surface area contributed by atoms with Crippen molar-refractivity contribution in [2.24, 2.45) is 0 Å². The molecule has 1 heterocycles. The maximum Gasteiger partial charge on any atom is 0.156 e. The minimum Gasteiger partial charge on any atom is -0.377 e. The van der Waals surface area contributed by atoms with Gasteiger partial charge in [0.05, 0.1) is 0 Å². The normalized spacial score (nSPS) is 10.7. The van der Waals surface area contributed by atoms with Crippen LogP contribution in [0.1, 0.15) is 5.82 Å². The minimum absolute atomic E-state index is 0.208. The van der Waals surface area contributed by atoms with E-state index < -0.39 is 11.6 Å². The highest BCUT2D eigenvalue weighted by Gasteiger charge is 2.09. The van der Waals surface area contributed by atoms with E-state index in [4.69, 9.17) is 16.3 Å². The van der Waals surface area contributed by atoms with Gasteiger partial charge < -0.3 is 4.74 Å². The fourth-order valence-corrected chi connectivity index (χ4v) is 2.46. The second kappa shape index (κ2) is 6.27. The molecule has 100 valence electrons. The van der Waals surface area contributed by atoms with Gasteiger partial charge >= 0.3 is 0 Å². The van der Waals surface area contributed by atoms with Crippen molar-refractivity contribution < 1.29 is 13.5 Å². The molecule has 0 radical (unpaired) electrons. The van der Waals surface area contributed by atoms with Crippen molar-refractivity contribution in [1.82, 2.24) is 9.97 Å². The summed E-state index contributed by atoms with van der Waals surface area (Å²) in [5.41, 5.74) is 0. The average molecular weight is 303 g/mol.